The van der Waals surface area contributed by atoms with E-state index >= 15 is 0 Å². The van der Waals surface area contributed by atoms with Gasteiger partial charge in [-0.3, -0.25) is 10.1 Å². The van der Waals surface area contributed by atoms with Gasteiger partial charge in [-0.25, -0.2) is 13.8 Å². The Labute approximate surface area is 148 Å². The number of halogens is 3. The molecule has 1 aromatic heterocycles. The van der Waals surface area contributed by atoms with Crippen LogP contribution in [0.1, 0.15) is 31.1 Å². The summed E-state index contributed by atoms with van der Waals surface area (Å²) in [5.74, 6) is -2.61. The molecule has 0 saturated heterocycles. The molecule has 0 aliphatic carbocycles. The Morgan fingerprint density at radius 1 is 1.16 bits per heavy atom. The van der Waals surface area contributed by atoms with Crippen LogP contribution >= 0.6 is 11.6 Å². The predicted octanol–water partition coefficient (Wildman–Crippen LogP) is 4.98. The molecule has 0 fully saturated rings. The van der Waals surface area contributed by atoms with Crippen LogP contribution in [0.5, 0.6) is 0 Å². The van der Waals surface area contributed by atoms with Crippen LogP contribution in [0.25, 0.3) is 11.0 Å². The van der Waals surface area contributed by atoms with Crippen molar-refractivity contribution in [2.75, 3.05) is 5.32 Å². The minimum absolute atomic E-state index is 0.159. The van der Waals surface area contributed by atoms with E-state index in [1.165, 1.54) is 0 Å². The smallest absolute Gasteiger partial charge is 0.259 e. The molecule has 0 aliphatic rings. The zero-order valence-electron chi connectivity index (χ0n) is 13.9. The fourth-order valence-electron chi connectivity index (χ4n) is 2.65. The van der Waals surface area contributed by atoms with Crippen LogP contribution in [0.4, 0.5) is 14.7 Å². The number of amides is 1. The van der Waals surface area contributed by atoms with Crippen molar-refractivity contribution in [2.45, 2.75) is 26.3 Å². The molecule has 0 atom stereocenters. The maximum Gasteiger partial charge on any atom is 0.259 e. The fourth-order valence-corrected chi connectivity index (χ4v) is 2.89. The molecule has 2 aromatic carbocycles. The van der Waals surface area contributed by atoms with Gasteiger partial charge in [-0.2, -0.15) is 0 Å². The third kappa shape index (κ3) is 3.22. The molecular formula is C18H16ClF2N3O. The van der Waals surface area contributed by atoms with Crippen molar-refractivity contribution in [1.29, 1.82) is 0 Å². The molecule has 1 heterocycles. The van der Waals surface area contributed by atoms with Gasteiger partial charge in [0.2, 0.25) is 5.95 Å². The van der Waals surface area contributed by atoms with E-state index < -0.39 is 17.5 Å². The van der Waals surface area contributed by atoms with E-state index in [0.717, 1.165) is 17.6 Å². The van der Waals surface area contributed by atoms with Crippen molar-refractivity contribution in [3.63, 3.8) is 0 Å². The zero-order chi connectivity index (χ0) is 18.4. The predicted molar refractivity (Wildman–Crippen MR) is 94.1 cm³/mol. The van der Waals surface area contributed by atoms with Gasteiger partial charge in [-0.1, -0.05) is 23.7 Å². The van der Waals surface area contributed by atoms with E-state index in [2.05, 4.69) is 10.3 Å². The normalized spacial score (nSPS) is 11.8. The van der Waals surface area contributed by atoms with Crippen LogP contribution < -0.4 is 5.32 Å². The number of fused-ring (bicyclic) bond motifs is 1. The summed E-state index contributed by atoms with van der Waals surface area (Å²) in [5, 5.41) is 2.48. The van der Waals surface area contributed by atoms with Crippen LogP contribution in [-0.4, -0.2) is 15.5 Å². The number of hydrogen-bond donors (Lipinski definition) is 1. The fraction of sp³-hybridized carbons (Fsp3) is 0.222. The number of imidazole rings is 1. The van der Waals surface area contributed by atoms with E-state index in [0.29, 0.717) is 11.5 Å². The number of aromatic nitrogens is 2. The summed E-state index contributed by atoms with van der Waals surface area (Å²) in [7, 11) is 0. The molecule has 0 unspecified atom stereocenters. The van der Waals surface area contributed by atoms with E-state index in [4.69, 9.17) is 11.6 Å². The highest BCUT2D eigenvalue weighted by atomic mass is 35.5. The Morgan fingerprint density at radius 3 is 2.48 bits per heavy atom. The molecule has 130 valence electrons. The molecule has 7 heteroatoms. The number of para-hydroxylation sites is 2. The van der Waals surface area contributed by atoms with Crippen LogP contribution in [0.2, 0.25) is 5.02 Å². The lowest BCUT2D eigenvalue weighted by atomic mass is 10.1. The van der Waals surface area contributed by atoms with Crippen LogP contribution in [0.3, 0.4) is 0 Å². The zero-order valence-corrected chi connectivity index (χ0v) is 14.7. The maximum absolute atomic E-state index is 13.5. The molecule has 0 spiro atoms. The first-order valence-electron chi connectivity index (χ1n) is 7.62. The lowest BCUT2D eigenvalue weighted by Crippen LogP contribution is -2.26. The Bertz CT molecular complexity index is 976. The van der Waals surface area contributed by atoms with Gasteiger partial charge in [-0.05, 0) is 45.0 Å². The summed E-state index contributed by atoms with van der Waals surface area (Å²) in [4.78, 5) is 17.0. The molecule has 0 radical (unpaired) electrons. The standard InChI is InChI=1S/C18H16ClF2N3O/c1-18(2,3)24-15-7-5-4-6-14(15)22-17(24)23-16(25)10-8-12(20)13(21)9-11(10)19/h4-9H,1-3H3,(H,22,23,25). The Morgan fingerprint density at radius 2 is 1.80 bits per heavy atom. The van der Waals surface area contributed by atoms with Gasteiger partial charge in [0.25, 0.3) is 5.91 Å². The number of benzene rings is 2. The average Bonchev–Trinajstić information content (AvgIpc) is 2.88. The topological polar surface area (TPSA) is 46.9 Å². The van der Waals surface area contributed by atoms with Gasteiger partial charge >= 0.3 is 0 Å². The van der Waals surface area contributed by atoms with E-state index in [-0.39, 0.29) is 16.1 Å². The van der Waals surface area contributed by atoms with Crippen LogP contribution in [0, 0.1) is 11.6 Å². The van der Waals surface area contributed by atoms with Crippen molar-refractivity contribution in [3.05, 3.63) is 58.6 Å². The van der Waals surface area contributed by atoms with Crippen molar-refractivity contribution < 1.29 is 13.6 Å². The van der Waals surface area contributed by atoms with Crippen molar-refractivity contribution in [1.82, 2.24) is 9.55 Å². The molecule has 0 saturated carbocycles. The number of rotatable bonds is 2. The average molecular weight is 364 g/mol. The molecule has 3 rings (SSSR count). The third-order valence-corrected chi connectivity index (χ3v) is 4.02. The Kier molecular flexibility index (Phi) is 4.24. The Hall–Kier alpha value is -2.47. The van der Waals surface area contributed by atoms with E-state index in [9.17, 15) is 13.6 Å². The molecule has 4 nitrogen and oxygen atoms in total. The summed E-state index contributed by atoms with van der Waals surface area (Å²) in [5.41, 5.74) is 1.04. The van der Waals surface area contributed by atoms with Gasteiger partial charge in [0.15, 0.2) is 11.6 Å². The lowest BCUT2D eigenvalue weighted by molar-refractivity contribution is 0.102. The number of hydrogen-bond acceptors (Lipinski definition) is 2. The molecule has 1 amide bonds. The molecule has 0 aliphatic heterocycles. The maximum atomic E-state index is 13.5. The molecule has 0 bridgehead atoms. The highest BCUT2D eigenvalue weighted by Gasteiger charge is 2.24. The lowest BCUT2D eigenvalue weighted by Gasteiger charge is -2.24. The first-order valence-corrected chi connectivity index (χ1v) is 8.00. The van der Waals surface area contributed by atoms with Crippen LogP contribution in [-0.2, 0) is 5.54 Å². The summed E-state index contributed by atoms with van der Waals surface area (Å²) >= 11 is 5.88. The van der Waals surface area contributed by atoms with Gasteiger partial charge in [-0.15, -0.1) is 0 Å². The number of nitrogens with one attached hydrogen (secondary N) is 1. The first-order chi connectivity index (χ1) is 11.7. The second-order valence-corrected chi connectivity index (χ2v) is 7.04. The van der Waals surface area contributed by atoms with Gasteiger partial charge < -0.3 is 4.57 Å². The number of carbonyl (C=O) groups is 1. The van der Waals surface area contributed by atoms with Gasteiger partial charge in [0.1, 0.15) is 0 Å². The highest BCUT2D eigenvalue weighted by molar-refractivity contribution is 6.34. The monoisotopic (exact) mass is 363 g/mol. The molecule has 25 heavy (non-hydrogen) atoms. The van der Waals surface area contributed by atoms with Crippen molar-refractivity contribution >= 4 is 34.5 Å². The quantitative estimate of drug-likeness (QED) is 0.653. The summed E-state index contributed by atoms with van der Waals surface area (Å²) in [6.07, 6.45) is 0. The van der Waals surface area contributed by atoms with Crippen LogP contribution in [0.15, 0.2) is 36.4 Å². The van der Waals surface area contributed by atoms with Crippen molar-refractivity contribution in [2.24, 2.45) is 0 Å². The minimum atomic E-state index is -1.14. The summed E-state index contributed by atoms with van der Waals surface area (Å²) < 4.78 is 28.5. The SMILES string of the molecule is CC(C)(C)n1c(NC(=O)c2cc(F)c(F)cc2Cl)nc2ccccc21. The third-order valence-electron chi connectivity index (χ3n) is 3.71. The van der Waals surface area contributed by atoms with Crippen molar-refractivity contribution in [3.8, 4) is 0 Å². The Balaban J connectivity index is 2.06. The largest absolute Gasteiger partial charge is 0.305 e. The number of nitrogens with zero attached hydrogens (tertiary/aromatic N) is 2. The number of anilines is 1. The molecular weight excluding hydrogens is 348 g/mol. The first kappa shape index (κ1) is 17.4. The second kappa shape index (κ2) is 6.11. The van der Waals surface area contributed by atoms with Gasteiger partial charge in [0.05, 0.1) is 21.6 Å². The summed E-state index contributed by atoms with van der Waals surface area (Å²) in [6.45, 7) is 5.92. The van der Waals surface area contributed by atoms with Gasteiger partial charge in [0, 0.05) is 5.54 Å². The second-order valence-electron chi connectivity index (χ2n) is 6.63. The molecule has 3 aromatic rings. The number of carbonyl (C=O) groups excluding carboxylic acids is 1. The summed E-state index contributed by atoms with van der Waals surface area (Å²) in [6, 6.07) is 9.01. The molecule has 1 N–H and O–H groups in total. The highest BCUT2D eigenvalue weighted by Crippen LogP contribution is 2.29. The van der Waals surface area contributed by atoms with E-state index in [1.807, 2.05) is 49.6 Å². The van der Waals surface area contributed by atoms with E-state index in [1.54, 1.807) is 0 Å². The minimum Gasteiger partial charge on any atom is -0.305 e.